The molecule has 1 aromatic heterocycles. The first kappa shape index (κ1) is 11.0. The molecule has 0 saturated carbocycles. The summed E-state index contributed by atoms with van der Waals surface area (Å²) in [6.45, 7) is 3.18. The third kappa shape index (κ3) is 1.92. The van der Waals surface area contributed by atoms with E-state index in [2.05, 4.69) is 4.98 Å². The van der Waals surface area contributed by atoms with E-state index in [1.54, 1.807) is 20.0 Å². The van der Waals surface area contributed by atoms with Crippen LogP contribution in [0.1, 0.15) is 25.5 Å². The van der Waals surface area contributed by atoms with Crippen molar-refractivity contribution in [2.24, 2.45) is 0 Å². The van der Waals surface area contributed by atoms with Gasteiger partial charge in [0.05, 0.1) is 11.1 Å². The molecule has 0 aliphatic rings. The van der Waals surface area contributed by atoms with Crippen LogP contribution in [0.2, 0.25) is 0 Å². The Morgan fingerprint density at radius 2 is 1.94 bits per heavy atom. The van der Waals surface area contributed by atoms with Crippen LogP contribution in [0.5, 0.6) is 0 Å². The van der Waals surface area contributed by atoms with Gasteiger partial charge < -0.3 is 10.2 Å². The topological polar surface area (TPSA) is 53.4 Å². The number of fused-ring (bicyclic) bond motifs is 1. The standard InChI is InChI=1S/C13H15NO2/c1-13(2,16)12(15)10-5-3-7-11-9(10)6-4-8-14-11/h3-8,12,15-16H,1-2H3. The first-order valence-electron chi connectivity index (χ1n) is 5.24. The van der Waals surface area contributed by atoms with E-state index in [1.807, 2.05) is 30.3 Å². The molecule has 0 saturated heterocycles. The monoisotopic (exact) mass is 217 g/mol. The van der Waals surface area contributed by atoms with Crippen molar-refractivity contribution in [1.82, 2.24) is 4.98 Å². The highest BCUT2D eigenvalue weighted by Crippen LogP contribution is 2.30. The van der Waals surface area contributed by atoms with Gasteiger partial charge in [0.2, 0.25) is 0 Å². The van der Waals surface area contributed by atoms with Gasteiger partial charge in [-0.1, -0.05) is 18.2 Å². The predicted octanol–water partition coefficient (Wildman–Crippen LogP) is 2.04. The van der Waals surface area contributed by atoms with Crippen LogP contribution in [0.4, 0.5) is 0 Å². The Kier molecular flexibility index (Phi) is 2.66. The molecule has 0 bridgehead atoms. The van der Waals surface area contributed by atoms with Gasteiger partial charge >= 0.3 is 0 Å². The fourth-order valence-electron chi connectivity index (χ4n) is 1.75. The van der Waals surface area contributed by atoms with Crippen molar-refractivity contribution in [3.05, 3.63) is 42.1 Å². The number of hydrogen-bond donors (Lipinski definition) is 2. The van der Waals surface area contributed by atoms with Crippen LogP contribution in [0.3, 0.4) is 0 Å². The Bertz CT molecular complexity index is 497. The molecular formula is C13H15NO2. The van der Waals surface area contributed by atoms with Crippen LogP contribution < -0.4 is 0 Å². The fourth-order valence-corrected chi connectivity index (χ4v) is 1.75. The lowest BCUT2D eigenvalue weighted by atomic mass is 9.92. The molecular weight excluding hydrogens is 202 g/mol. The third-order valence-corrected chi connectivity index (χ3v) is 2.64. The molecule has 3 nitrogen and oxygen atoms in total. The van der Waals surface area contributed by atoms with Crippen LogP contribution in [0.15, 0.2) is 36.5 Å². The molecule has 2 rings (SSSR count). The van der Waals surface area contributed by atoms with Gasteiger partial charge in [-0.05, 0) is 31.5 Å². The molecule has 0 spiro atoms. The first-order chi connectivity index (χ1) is 7.50. The Labute approximate surface area is 94.4 Å². The van der Waals surface area contributed by atoms with E-state index in [4.69, 9.17) is 0 Å². The number of hydrogen-bond acceptors (Lipinski definition) is 3. The first-order valence-corrected chi connectivity index (χ1v) is 5.24. The van der Waals surface area contributed by atoms with Crippen molar-refractivity contribution in [1.29, 1.82) is 0 Å². The Balaban J connectivity index is 2.61. The van der Waals surface area contributed by atoms with E-state index < -0.39 is 11.7 Å². The van der Waals surface area contributed by atoms with Crippen molar-refractivity contribution in [2.75, 3.05) is 0 Å². The second-order valence-electron chi connectivity index (χ2n) is 4.47. The summed E-state index contributed by atoms with van der Waals surface area (Å²) in [6, 6.07) is 9.25. The van der Waals surface area contributed by atoms with E-state index in [9.17, 15) is 10.2 Å². The van der Waals surface area contributed by atoms with Gasteiger partial charge in [0.25, 0.3) is 0 Å². The van der Waals surface area contributed by atoms with Gasteiger partial charge in [-0.3, -0.25) is 4.98 Å². The molecule has 1 heterocycles. The Hall–Kier alpha value is -1.45. The van der Waals surface area contributed by atoms with E-state index in [-0.39, 0.29) is 0 Å². The highest BCUT2D eigenvalue weighted by molar-refractivity contribution is 5.82. The van der Waals surface area contributed by atoms with Crippen molar-refractivity contribution in [3.8, 4) is 0 Å². The van der Waals surface area contributed by atoms with Crippen LogP contribution in [0, 0.1) is 0 Å². The molecule has 0 amide bonds. The number of aliphatic hydroxyl groups excluding tert-OH is 1. The second kappa shape index (κ2) is 3.85. The molecule has 1 atom stereocenters. The van der Waals surface area contributed by atoms with Gasteiger partial charge in [-0.25, -0.2) is 0 Å². The van der Waals surface area contributed by atoms with Crippen molar-refractivity contribution >= 4 is 10.9 Å². The average molecular weight is 217 g/mol. The van der Waals surface area contributed by atoms with E-state index in [1.165, 1.54) is 0 Å². The molecule has 16 heavy (non-hydrogen) atoms. The van der Waals surface area contributed by atoms with Crippen molar-refractivity contribution in [3.63, 3.8) is 0 Å². The van der Waals surface area contributed by atoms with Gasteiger partial charge in [0, 0.05) is 11.6 Å². The molecule has 3 heteroatoms. The maximum absolute atomic E-state index is 10.1. The minimum atomic E-state index is -1.16. The van der Waals surface area contributed by atoms with Crippen LogP contribution in [-0.4, -0.2) is 20.8 Å². The zero-order valence-corrected chi connectivity index (χ0v) is 9.38. The van der Waals surface area contributed by atoms with Crippen molar-refractivity contribution in [2.45, 2.75) is 25.6 Å². The molecule has 0 aliphatic heterocycles. The number of aromatic nitrogens is 1. The summed E-state index contributed by atoms with van der Waals surface area (Å²) in [5.41, 5.74) is 0.366. The van der Waals surface area contributed by atoms with E-state index in [0.717, 1.165) is 10.9 Å². The predicted molar refractivity (Wildman–Crippen MR) is 63.0 cm³/mol. The quantitative estimate of drug-likeness (QED) is 0.809. The smallest absolute Gasteiger partial charge is 0.108 e. The third-order valence-electron chi connectivity index (χ3n) is 2.64. The van der Waals surface area contributed by atoms with E-state index >= 15 is 0 Å². The van der Waals surface area contributed by atoms with Gasteiger partial charge in [-0.15, -0.1) is 0 Å². The van der Waals surface area contributed by atoms with Crippen LogP contribution in [-0.2, 0) is 0 Å². The average Bonchev–Trinajstić information content (AvgIpc) is 2.26. The number of benzene rings is 1. The summed E-state index contributed by atoms with van der Waals surface area (Å²) >= 11 is 0. The highest BCUT2D eigenvalue weighted by atomic mass is 16.3. The fraction of sp³-hybridized carbons (Fsp3) is 0.308. The summed E-state index contributed by atoms with van der Waals surface area (Å²) in [6.07, 6.45) is 0.795. The molecule has 0 aliphatic carbocycles. The molecule has 1 unspecified atom stereocenters. The molecule has 2 aromatic rings. The minimum absolute atomic E-state index is 0.707. The minimum Gasteiger partial charge on any atom is -0.387 e. The lowest BCUT2D eigenvalue weighted by molar-refractivity contribution is -0.0489. The van der Waals surface area contributed by atoms with Gasteiger partial charge in [-0.2, -0.15) is 0 Å². The lowest BCUT2D eigenvalue weighted by Gasteiger charge is -2.25. The number of rotatable bonds is 2. The number of aliphatic hydroxyl groups is 2. The summed E-state index contributed by atoms with van der Waals surface area (Å²) in [5, 5.41) is 20.8. The maximum Gasteiger partial charge on any atom is 0.108 e. The number of pyridine rings is 1. The largest absolute Gasteiger partial charge is 0.387 e. The van der Waals surface area contributed by atoms with Crippen LogP contribution in [0.25, 0.3) is 10.9 Å². The summed E-state index contributed by atoms with van der Waals surface area (Å²) in [7, 11) is 0. The molecule has 84 valence electrons. The normalized spacial score (nSPS) is 14.0. The lowest BCUT2D eigenvalue weighted by Crippen LogP contribution is -2.28. The molecule has 0 radical (unpaired) electrons. The SMILES string of the molecule is CC(C)(O)C(O)c1cccc2ncccc12. The molecule has 2 N–H and O–H groups in total. The summed E-state index contributed by atoms with van der Waals surface area (Å²) in [5.74, 6) is 0. The van der Waals surface area contributed by atoms with Gasteiger partial charge in [0.1, 0.15) is 6.10 Å². The zero-order valence-electron chi connectivity index (χ0n) is 9.38. The summed E-state index contributed by atoms with van der Waals surface area (Å²) < 4.78 is 0. The number of nitrogens with zero attached hydrogens (tertiary/aromatic N) is 1. The van der Waals surface area contributed by atoms with Gasteiger partial charge in [0.15, 0.2) is 0 Å². The second-order valence-corrected chi connectivity index (χ2v) is 4.47. The molecule has 0 fully saturated rings. The van der Waals surface area contributed by atoms with Crippen molar-refractivity contribution < 1.29 is 10.2 Å². The Morgan fingerprint density at radius 1 is 1.19 bits per heavy atom. The highest BCUT2D eigenvalue weighted by Gasteiger charge is 2.27. The van der Waals surface area contributed by atoms with E-state index in [0.29, 0.717) is 5.56 Å². The van der Waals surface area contributed by atoms with Crippen LogP contribution >= 0.6 is 0 Å². The molecule has 1 aromatic carbocycles. The zero-order chi connectivity index (χ0) is 11.8. The Morgan fingerprint density at radius 3 is 2.62 bits per heavy atom. The maximum atomic E-state index is 10.1. The summed E-state index contributed by atoms with van der Waals surface area (Å²) in [4.78, 5) is 4.21.